The number of aromatic nitrogens is 4. The quantitative estimate of drug-likeness (QED) is 0.665. The first-order valence-corrected chi connectivity index (χ1v) is 6.80. The molecule has 0 radical (unpaired) electrons. The van der Waals surface area contributed by atoms with Crippen LogP contribution in [-0.2, 0) is 0 Å². The van der Waals surface area contributed by atoms with E-state index in [9.17, 15) is 0 Å². The summed E-state index contributed by atoms with van der Waals surface area (Å²) in [5, 5.41) is 5.66. The van der Waals surface area contributed by atoms with Crippen molar-refractivity contribution in [1.82, 2.24) is 19.7 Å². The Hall–Kier alpha value is -2.49. The summed E-state index contributed by atoms with van der Waals surface area (Å²) in [4.78, 5) is 8.70. The van der Waals surface area contributed by atoms with Gasteiger partial charge in [-0.1, -0.05) is 12.2 Å². The van der Waals surface area contributed by atoms with Crippen LogP contribution in [0.3, 0.4) is 0 Å². The normalized spacial score (nSPS) is 15.2. The Labute approximate surface area is 116 Å². The van der Waals surface area contributed by atoms with Crippen LogP contribution in [0.4, 0.5) is 0 Å². The topological polar surface area (TPSA) is 43.6 Å². The van der Waals surface area contributed by atoms with Gasteiger partial charge in [-0.25, -0.2) is 0 Å². The third-order valence-electron chi connectivity index (χ3n) is 3.77. The average molecular weight is 262 g/mol. The molecule has 0 spiro atoms. The standard InChI is InChI=1S/C16H14N4/c1-2-6-14(5-1)20-16-11-18-15(8-13(16)10-19-20)12-4-3-7-17-9-12/h1-4,7-11,14H,5-6H2. The van der Waals surface area contributed by atoms with Crippen LogP contribution in [0, 0.1) is 0 Å². The lowest BCUT2D eigenvalue weighted by molar-refractivity contribution is 0.496. The molecular weight excluding hydrogens is 248 g/mol. The van der Waals surface area contributed by atoms with E-state index in [2.05, 4.69) is 38.0 Å². The van der Waals surface area contributed by atoms with Crippen LogP contribution < -0.4 is 0 Å². The first-order valence-electron chi connectivity index (χ1n) is 6.80. The van der Waals surface area contributed by atoms with Crippen molar-refractivity contribution in [2.45, 2.75) is 18.9 Å². The maximum atomic E-state index is 4.56. The number of hydrogen-bond donors (Lipinski definition) is 0. The zero-order valence-electron chi connectivity index (χ0n) is 11.0. The van der Waals surface area contributed by atoms with Gasteiger partial charge < -0.3 is 0 Å². The molecule has 0 amide bonds. The van der Waals surface area contributed by atoms with Crippen LogP contribution in [0.25, 0.3) is 22.2 Å². The number of allylic oxidation sites excluding steroid dienone is 2. The van der Waals surface area contributed by atoms with Gasteiger partial charge in [0.05, 0.1) is 29.6 Å². The lowest BCUT2D eigenvalue weighted by atomic mass is 10.1. The highest BCUT2D eigenvalue weighted by molar-refractivity contribution is 5.82. The van der Waals surface area contributed by atoms with E-state index in [1.165, 1.54) is 0 Å². The lowest BCUT2D eigenvalue weighted by Crippen LogP contribution is -2.06. The van der Waals surface area contributed by atoms with E-state index in [4.69, 9.17) is 0 Å². The Kier molecular flexibility index (Phi) is 2.59. The molecule has 1 aliphatic rings. The van der Waals surface area contributed by atoms with Crippen LogP contribution in [0.5, 0.6) is 0 Å². The fourth-order valence-corrected chi connectivity index (χ4v) is 2.71. The number of pyridine rings is 2. The molecular formula is C16H14N4. The minimum atomic E-state index is 0.443. The van der Waals surface area contributed by atoms with Crippen molar-refractivity contribution in [2.75, 3.05) is 0 Å². The predicted octanol–water partition coefficient (Wildman–Crippen LogP) is 3.38. The molecule has 0 N–H and O–H groups in total. The molecule has 3 heterocycles. The Balaban J connectivity index is 1.78. The van der Waals surface area contributed by atoms with Gasteiger partial charge in [0.2, 0.25) is 0 Å². The SMILES string of the molecule is C1=CCC(n2ncc3cc(-c4cccnc4)ncc32)C1. The smallest absolute Gasteiger partial charge is 0.0869 e. The Morgan fingerprint density at radius 2 is 2.00 bits per heavy atom. The van der Waals surface area contributed by atoms with Gasteiger partial charge in [0, 0.05) is 23.3 Å². The Morgan fingerprint density at radius 1 is 1.10 bits per heavy atom. The summed E-state index contributed by atoms with van der Waals surface area (Å²) in [5.41, 5.74) is 3.07. The molecule has 0 saturated carbocycles. The van der Waals surface area contributed by atoms with Gasteiger partial charge >= 0.3 is 0 Å². The van der Waals surface area contributed by atoms with Gasteiger partial charge in [-0.15, -0.1) is 0 Å². The molecule has 0 aromatic carbocycles. The minimum Gasteiger partial charge on any atom is -0.264 e. The second-order valence-corrected chi connectivity index (χ2v) is 5.06. The van der Waals surface area contributed by atoms with Crippen LogP contribution >= 0.6 is 0 Å². The average Bonchev–Trinajstić information content (AvgIpc) is 3.16. The third kappa shape index (κ3) is 1.81. The number of nitrogens with zero attached hydrogens (tertiary/aromatic N) is 4. The third-order valence-corrected chi connectivity index (χ3v) is 3.77. The summed E-state index contributed by atoms with van der Waals surface area (Å²) in [6.45, 7) is 0. The fraction of sp³-hybridized carbons (Fsp3) is 0.188. The summed E-state index contributed by atoms with van der Waals surface area (Å²) in [5.74, 6) is 0. The van der Waals surface area contributed by atoms with Crippen molar-refractivity contribution in [3.05, 3.63) is 55.1 Å². The first kappa shape index (κ1) is 11.3. The van der Waals surface area contributed by atoms with Gasteiger partial charge in [0.15, 0.2) is 0 Å². The highest BCUT2D eigenvalue weighted by Crippen LogP contribution is 2.28. The van der Waals surface area contributed by atoms with Crippen molar-refractivity contribution in [3.63, 3.8) is 0 Å². The monoisotopic (exact) mass is 262 g/mol. The minimum absolute atomic E-state index is 0.443. The maximum absolute atomic E-state index is 4.56. The molecule has 1 aliphatic carbocycles. The molecule has 4 rings (SSSR count). The van der Waals surface area contributed by atoms with E-state index in [-0.39, 0.29) is 0 Å². The second-order valence-electron chi connectivity index (χ2n) is 5.06. The summed E-state index contributed by atoms with van der Waals surface area (Å²) in [6.07, 6.45) is 14.0. The van der Waals surface area contributed by atoms with Gasteiger partial charge in [0.25, 0.3) is 0 Å². The molecule has 0 unspecified atom stereocenters. The molecule has 20 heavy (non-hydrogen) atoms. The maximum Gasteiger partial charge on any atom is 0.0869 e. The number of fused-ring (bicyclic) bond motifs is 1. The molecule has 3 aromatic rings. The molecule has 4 heteroatoms. The summed E-state index contributed by atoms with van der Waals surface area (Å²) < 4.78 is 2.09. The molecule has 0 saturated heterocycles. The van der Waals surface area contributed by atoms with E-state index in [0.29, 0.717) is 6.04 Å². The first-order chi connectivity index (χ1) is 9.92. The van der Waals surface area contributed by atoms with Crippen molar-refractivity contribution >= 4 is 10.9 Å². The number of hydrogen-bond acceptors (Lipinski definition) is 3. The molecule has 3 aromatic heterocycles. The van der Waals surface area contributed by atoms with Crippen molar-refractivity contribution in [3.8, 4) is 11.3 Å². The van der Waals surface area contributed by atoms with E-state index in [1.807, 2.05) is 30.7 Å². The van der Waals surface area contributed by atoms with Gasteiger partial charge in [-0.2, -0.15) is 5.10 Å². The summed E-state index contributed by atoms with van der Waals surface area (Å²) >= 11 is 0. The largest absolute Gasteiger partial charge is 0.264 e. The van der Waals surface area contributed by atoms with Crippen LogP contribution in [0.15, 0.2) is 55.1 Å². The Morgan fingerprint density at radius 3 is 2.80 bits per heavy atom. The summed E-state index contributed by atoms with van der Waals surface area (Å²) in [6, 6.07) is 6.47. The molecule has 98 valence electrons. The van der Waals surface area contributed by atoms with Crippen LogP contribution in [-0.4, -0.2) is 19.7 Å². The van der Waals surface area contributed by atoms with Crippen molar-refractivity contribution in [2.24, 2.45) is 0 Å². The van der Waals surface area contributed by atoms with E-state index in [0.717, 1.165) is 35.0 Å². The van der Waals surface area contributed by atoms with Crippen LogP contribution in [0.2, 0.25) is 0 Å². The van der Waals surface area contributed by atoms with E-state index >= 15 is 0 Å². The zero-order chi connectivity index (χ0) is 13.4. The molecule has 0 fully saturated rings. The van der Waals surface area contributed by atoms with Crippen molar-refractivity contribution in [1.29, 1.82) is 0 Å². The molecule has 4 nitrogen and oxygen atoms in total. The Bertz CT molecular complexity index is 766. The second kappa shape index (κ2) is 4.56. The van der Waals surface area contributed by atoms with Crippen molar-refractivity contribution < 1.29 is 0 Å². The lowest BCUT2D eigenvalue weighted by Gasteiger charge is -2.11. The van der Waals surface area contributed by atoms with Crippen LogP contribution in [0.1, 0.15) is 18.9 Å². The summed E-state index contributed by atoms with van der Waals surface area (Å²) in [7, 11) is 0. The fourth-order valence-electron chi connectivity index (χ4n) is 2.71. The van der Waals surface area contributed by atoms with E-state index in [1.54, 1.807) is 6.20 Å². The highest BCUT2D eigenvalue weighted by atomic mass is 15.3. The van der Waals surface area contributed by atoms with Gasteiger partial charge in [-0.3, -0.25) is 14.6 Å². The molecule has 0 bridgehead atoms. The molecule has 0 aliphatic heterocycles. The van der Waals surface area contributed by atoms with Gasteiger partial charge in [0.1, 0.15) is 0 Å². The zero-order valence-corrected chi connectivity index (χ0v) is 11.0. The molecule has 0 atom stereocenters. The van der Waals surface area contributed by atoms with E-state index < -0.39 is 0 Å². The number of rotatable bonds is 2. The van der Waals surface area contributed by atoms with Gasteiger partial charge in [-0.05, 0) is 31.0 Å². The predicted molar refractivity (Wildman–Crippen MR) is 78.2 cm³/mol. The highest BCUT2D eigenvalue weighted by Gasteiger charge is 2.16.